The fraction of sp³-hybridized carbons (Fsp3) is 0.417. The van der Waals surface area contributed by atoms with Crippen LogP contribution >= 0.6 is 11.6 Å². The van der Waals surface area contributed by atoms with E-state index >= 15 is 0 Å². The van der Waals surface area contributed by atoms with Crippen LogP contribution in [0, 0.1) is 0 Å². The summed E-state index contributed by atoms with van der Waals surface area (Å²) in [6.07, 6.45) is 5.34. The molecule has 0 spiro atoms. The van der Waals surface area contributed by atoms with Crippen molar-refractivity contribution in [3.05, 3.63) is 70.7 Å². The van der Waals surface area contributed by atoms with Crippen LogP contribution < -0.4 is 15.4 Å². The van der Waals surface area contributed by atoms with Crippen LogP contribution in [0.15, 0.2) is 54.6 Å². The summed E-state index contributed by atoms with van der Waals surface area (Å²) in [5, 5.41) is 6.14. The number of halogens is 1. The Labute approximate surface area is 200 Å². The van der Waals surface area contributed by atoms with E-state index in [4.69, 9.17) is 11.6 Å². The second kappa shape index (κ2) is 11.1. The molecular formula is C24H30ClN3O4S. The third-order valence-electron chi connectivity index (χ3n) is 5.85. The van der Waals surface area contributed by atoms with Crippen LogP contribution in [-0.4, -0.2) is 38.6 Å². The number of amides is 2. The number of hydrogen-bond acceptors (Lipinski definition) is 4. The van der Waals surface area contributed by atoms with Crippen LogP contribution in [0.2, 0.25) is 5.02 Å². The fourth-order valence-electron chi connectivity index (χ4n) is 4.28. The van der Waals surface area contributed by atoms with Crippen LogP contribution in [0.4, 0.5) is 0 Å². The monoisotopic (exact) mass is 491 g/mol. The van der Waals surface area contributed by atoms with E-state index < -0.39 is 21.6 Å². The third-order valence-corrected chi connectivity index (χ3v) is 6.99. The van der Waals surface area contributed by atoms with E-state index in [0.29, 0.717) is 23.4 Å². The molecule has 178 valence electrons. The summed E-state index contributed by atoms with van der Waals surface area (Å²) in [6, 6.07) is 15.4. The number of rotatable bonds is 9. The first kappa shape index (κ1) is 25.2. The van der Waals surface area contributed by atoms with Gasteiger partial charge in [0.25, 0.3) is 5.91 Å². The first-order chi connectivity index (χ1) is 15.7. The zero-order chi connectivity index (χ0) is 23.9. The molecule has 3 rings (SSSR count). The number of carbonyl (C=O) groups excluding carboxylic acids is 2. The molecule has 1 aliphatic carbocycles. The molecule has 1 saturated carbocycles. The number of sulfonamides is 1. The number of hydrogen-bond donors (Lipinski definition) is 3. The lowest BCUT2D eigenvalue weighted by molar-refractivity contribution is -0.121. The standard InChI is InChI=1S/C24H30ClN3O4S/c1-33(31,32)28-24(14-8-3-9-15-24)17-26-22(29)16-21(18-10-4-2-5-11-18)27-23(30)19-12-6-7-13-20(19)25/h2,4-7,10-13,21,28H,3,8-9,14-17H2,1H3,(H,26,29)(H,27,30)/t21-/m0/s1. The molecule has 0 bridgehead atoms. The Hall–Kier alpha value is -2.42. The van der Waals surface area contributed by atoms with Gasteiger partial charge in [-0.15, -0.1) is 0 Å². The minimum absolute atomic E-state index is 0.00909. The average molecular weight is 492 g/mol. The van der Waals surface area contributed by atoms with Crippen molar-refractivity contribution in [1.29, 1.82) is 0 Å². The first-order valence-electron chi connectivity index (χ1n) is 11.0. The molecule has 1 aliphatic rings. The molecule has 0 unspecified atom stereocenters. The largest absolute Gasteiger partial charge is 0.354 e. The minimum Gasteiger partial charge on any atom is -0.354 e. The molecule has 1 atom stereocenters. The van der Waals surface area contributed by atoms with Gasteiger partial charge in [0.05, 0.1) is 34.8 Å². The van der Waals surface area contributed by atoms with Crippen LogP contribution in [0.1, 0.15) is 60.5 Å². The zero-order valence-electron chi connectivity index (χ0n) is 18.6. The van der Waals surface area contributed by atoms with E-state index in [1.165, 1.54) is 0 Å². The Morgan fingerprint density at radius 3 is 2.27 bits per heavy atom. The number of carbonyl (C=O) groups is 2. The van der Waals surface area contributed by atoms with Gasteiger partial charge in [0.2, 0.25) is 15.9 Å². The van der Waals surface area contributed by atoms with Gasteiger partial charge in [-0.3, -0.25) is 9.59 Å². The quantitative estimate of drug-likeness (QED) is 0.498. The smallest absolute Gasteiger partial charge is 0.253 e. The molecule has 7 nitrogen and oxygen atoms in total. The van der Waals surface area contributed by atoms with Gasteiger partial charge in [-0.25, -0.2) is 13.1 Å². The first-order valence-corrected chi connectivity index (χ1v) is 13.3. The van der Waals surface area contributed by atoms with E-state index in [2.05, 4.69) is 15.4 Å². The molecule has 0 radical (unpaired) electrons. The summed E-state index contributed by atoms with van der Waals surface area (Å²) in [5.74, 6) is -0.645. The summed E-state index contributed by atoms with van der Waals surface area (Å²) in [5.41, 5.74) is 0.443. The van der Waals surface area contributed by atoms with Crippen LogP contribution in [0.5, 0.6) is 0 Å². The van der Waals surface area contributed by atoms with Crippen molar-refractivity contribution in [3.63, 3.8) is 0 Å². The van der Waals surface area contributed by atoms with Gasteiger partial charge >= 0.3 is 0 Å². The molecule has 1 fully saturated rings. The highest BCUT2D eigenvalue weighted by molar-refractivity contribution is 7.88. The Kier molecular flexibility index (Phi) is 8.51. The predicted octanol–water partition coefficient (Wildman–Crippen LogP) is 3.57. The van der Waals surface area contributed by atoms with E-state index in [1.807, 2.05) is 30.3 Å². The highest BCUT2D eigenvalue weighted by atomic mass is 35.5. The lowest BCUT2D eigenvalue weighted by atomic mass is 9.82. The normalized spacial score (nSPS) is 16.5. The molecule has 0 aliphatic heterocycles. The molecule has 2 aromatic carbocycles. The lowest BCUT2D eigenvalue weighted by Gasteiger charge is -2.37. The SMILES string of the molecule is CS(=O)(=O)NC1(CNC(=O)C[C@H](NC(=O)c2ccccc2Cl)c2ccccc2)CCCCC1. The molecule has 2 aromatic rings. The second-order valence-corrected chi connectivity index (χ2v) is 10.8. The summed E-state index contributed by atoms with van der Waals surface area (Å²) in [7, 11) is -3.42. The summed E-state index contributed by atoms with van der Waals surface area (Å²) in [6.45, 7) is 0.207. The average Bonchev–Trinajstić information content (AvgIpc) is 2.78. The van der Waals surface area contributed by atoms with E-state index in [1.54, 1.807) is 24.3 Å². The molecular weight excluding hydrogens is 462 g/mol. The highest BCUT2D eigenvalue weighted by Crippen LogP contribution is 2.28. The van der Waals surface area contributed by atoms with Gasteiger partial charge in [-0.05, 0) is 30.5 Å². The van der Waals surface area contributed by atoms with Gasteiger partial charge in [0.15, 0.2) is 0 Å². The van der Waals surface area contributed by atoms with Crippen molar-refractivity contribution < 1.29 is 18.0 Å². The maximum absolute atomic E-state index is 12.9. The summed E-state index contributed by atoms with van der Waals surface area (Å²) in [4.78, 5) is 25.7. The third kappa shape index (κ3) is 7.55. The minimum atomic E-state index is -3.42. The van der Waals surface area contributed by atoms with Crippen molar-refractivity contribution in [2.45, 2.75) is 50.1 Å². The maximum atomic E-state index is 12.9. The Balaban J connectivity index is 1.71. The van der Waals surface area contributed by atoms with Gasteiger partial charge in [-0.2, -0.15) is 0 Å². The summed E-state index contributed by atoms with van der Waals surface area (Å²) < 4.78 is 26.6. The molecule has 2 amide bonds. The topological polar surface area (TPSA) is 104 Å². The van der Waals surface area contributed by atoms with Crippen molar-refractivity contribution in [3.8, 4) is 0 Å². The molecule has 0 heterocycles. The van der Waals surface area contributed by atoms with E-state index in [-0.39, 0.29) is 24.8 Å². The molecule has 33 heavy (non-hydrogen) atoms. The highest BCUT2D eigenvalue weighted by Gasteiger charge is 2.35. The van der Waals surface area contributed by atoms with Gasteiger partial charge in [0, 0.05) is 6.54 Å². The summed E-state index contributed by atoms with van der Waals surface area (Å²) >= 11 is 6.16. The maximum Gasteiger partial charge on any atom is 0.253 e. The van der Waals surface area contributed by atoms with Crippen LogP contribution in [-0.2, 0) is 14.8 Å². The molecule has 0 aromatic heterocycles. The van der Waals surface area contributed by atoms with Crippen molar-refractivity contribution in [1.82, 2.24) is 15.4 Å². The van der Waals surface area contributed by atoms with Gasteiger partial charge in [0.1, 0.15) is 0 Å². The van der Waals surface area contributed by atoms with Crippen molar-refractivity contribution in [2.75, 3.05) is 12.8 Å². The Bertz CT molecular complexity index is 1070. The number of nitrogens with one attached hydrogen (secondary N) is 3. The van der Waals surface area contributed by atoms with Crippen molar-refractivity contribution in [2.24, 2.45) is 0 Å². The fourth-order valence-corrected chi connectivity index (χ4v) is 5.57. The molecule has 9 heteroatoms. The van der Waals surface area contributed by atoms with E-state index in [9.17, 15) is 18.0 Å². The zero-order valence-corrected chi connectivity index (χ0v) is 20.2. The molecule has 0 saturated heterocycles. The van der Waals surface area contributed by atoms with Gasteiger partial charge < -0.3 is 10.6 Å². The van der Waals surface area contributed by atoms with Crippen LogP contribution in [0.3, 0.4) is 0 Å². The predicted molar refractivity (Wildman–Crippen MR) is 130 cm³/mol. The van der Waals surface area contributed by atoms with Gasteiger partial charge in [-0.1, -0.05) is 73.3 Å². The van der Waals surface area contributed by atoms with E-state index in [0.717, 1.165) is 31.1 Å². The van der Waals surface area contributed by atoms with Crippen molar-refractivity contribution >= 4 is 33.4 Å². The Morgan fingerprint density at radius 1 is 1.00 bits per heavy atom. The second-order valence-electron chi connectivity index (χ2n) is 8.61. The lowest BCUT2D eigenvalue weighted by Crippen LogP contribution is -2.56. The molecule has 3 N–H and O–H groups in total. The number of benzene rings is 2. The Morgan fingerprint density at radius 2 is 1.64 bits per heavy atom. The van der Waals surface area contributed by atoms with Crippen LogP contribution in [0.25, 0.3) is 0 Å².